The third kappa shape index (κ3) is 5.25. The third-order valence-electron chi connectivity index (χ3n) is 2.20. The Bertz CT molecular complexity index is 424. The second-order valence-electron chi connectivity index (χ2n) is 3.65. The molecule has 0 amide bonds. The summed E-state index contributed by atoms with van der Waals surface area (Å²) in [5, 5.41) is 16.0. The van der Waals surface area contributed by atoms with Gasteiger partial charge < -0.3 is 9.94 Å². The summed E-state index contributed by atoms with van der Waals surface area (Å²) < 4.78 is 0. The zero-order valence-corrected chi connectivity index (χ0v) is 10.2. The number of aromatic carboxylic acids is 1. The summed E-state index contributed by atoms with van der Waals surface area (Å²) in [4.78, 5) is 15.4. The lowest BCUT2D eigenvalue weighted by Crippen LogP contribution is -1.93. The molecule has 0 fully saturated rings. The van der Waals surface area contributed by atoms with Crippen molar-refractivity contribution >= 4 is 11.7 Å². The molecule has 0 bridgehead atoms. The predicted molar refractivity (Wildman–Crippen MR) is 67.7 cm³/mol. The van der Waals surface area contributed by atoms with Crippen LogP contribution in [0.4, 0.5) is 5.69 Å². The highest BCUT2D eigenvalue weighted by Gasteiger charge is 2.00. The van der Waals surface area contributed by atoms with Crippen molar-refractivity contribution < 1.29 is 14.7 Å². The second-order valence-corrected chi connectivity index (χ2v) is 3.65. The molecule has 0 aliphatic carbocycles. The lowest BCUT2D eigenvalue weighted by atomic mass is 10.2. The Morgan fingerprint density at radius 3 is 2.72 bits per heavy atom. The van der Waals surface area contributed by atoms with E-state index in [0.29, 0.717) is 5.69 Å². The van der Waals surface area contributed by atoms with Gasteiger partial charge in [-0.25, -0.2) is 4.79 Å². The van der Waals surface area contributed by atoms with Gasteiger partial charge in [-0.1, -0.05) is 13.3 Å². The molecule has 0 radical (unpaired) electrons. The molecule has 18 heavy (non-hydrogen) atoms. The minimum Gasteiger partial charge on any atom is -0.478 e. The summed E-state index contributed by atoms with van der Waals surface area (Å²) in [5.74, 6) is -0.964. The average molecular weight is 248 g/mol. The number of rotatable bonds is 7. The van der Waals surface area contributed by atoms with E-state index < -0.39 is 5.97 Å². The highest BCUT2D eigenvalue weighted by molar-refractivity contribution is 5.87. The SMILES string of the molecule is CCCC/C=C/ON=Nc1ccc(C(=O)O)cc1. The molecule has 5 heteroatoms. The van der Waals surface area contributed by atoms with Gasteiger partial charge in [0.2, 0.25) is 0 Å². The predicted octanol–water partition coefficient (Wildman–Crippen LogP) is 4.10. The number of carboxylic acid groups (broad SMARTS) is 1. The van der Waals surface area contributed by atoms with Crippen LogP contribution < -0.4 is 0 Å². The normalized spacial score (nSPS) is 11.2. The Morgan fingerprint density at radius 2 is 2.11 bits per heavy atom. The van der Waals surface area contributed by atoms with Crippen LogP contribution in [-0.4, -0.2) is 11.1 Å². The smallest absolute Gasteiger partial charge is 0.335 e. The Morgan fingerprint density at radius 1 is 1.39 bits per heavy atom. The quantitative estimate of drug-likeness (QED) is 0.341. The summed E-state index contributed by atoms with van der Waals surface area (Å²) in [5.41, 5.74) is 0.760. The van der Waals surface area contributed by atoms with Gasteiger partial charge in [0, 0.05) is 5.28 Å². The maximum atomic E-state index is 10.6. The van der Waals surface area contributed by atoms with Crippen LogP contribution in [0.1, 0.15) is 36.5 Å². The van der Waals surface area contributed by atoms with E-state index in [1.54, 1.807) is 12.1 Å². The maximum absolute atomic E-state index is 10.6. The van der Waals surface area contributed by atoms with E-state index >= 15 is 0 Å². The van der Waals surface area contributed by atoms with Crippen LogP contribution in [0.2, 0.25) is 0 Å². The summed E-state index contributed by atoms with van der Waals surface area (Å²) >= 11 is 0. The Kier molecular flexibility index (Phi) is 6.17. The molecule has 0 aliphatic rings. The van der Waals surface area contributed by atoms with Gasteiger partial charge in [-0.2, -0.15) is 0 Å². The van der Waals surface area contributed by atoms with Crippen molar-refractivity contribution in [2.45, 2.75) is 26.2 Å². The summed E-state index contributed by atoms with van der Waals surface area (Å²) in [6, 6.07) is 6.07. The number of carboxylic acids is 1. The Hall–Kier alpha value is -2.17. The molecule has 96 valence electrons. The minimum absolute atomic E-state index is 0.217. The van der Waals surface area contributed by atoms with Crippen LogP contribution in [0.5, 0.6) is 0 Å². The number of nitrogens with zero attached hydrogens (tertiary/aromatic N) is 2. The van der Waals surface area contributed by atoms with Gasteiger partial charge in [0.15, 0.2) is 0 Å². The topological polar surface area (TPSA) is 71.2 Å². The Balaban J connectivity index is 2.38. The first kappa shape index (κ1) is 13.9. The number of unbranched alkanes of at least 4 members (excludes halogenated alkanes) is 2. The van der Waals surface area contributed by atoms with Gasteiger partial charge in [-0.05, 0) is 43.2 Å². The molecule has 1 rings (SSSR count). The maximum Gasteiger partial charge on any atom is 0.335 e. The van der Waals surface area contributed by atoms with E-state index in [0.717, 1.165) is 19.3 Å². The lowest BCUT2D eigenvalue weighted by Gasteiger charge is -1.94. The highest BCUT2D eigenvalue weighted by atomic mass is 16.6. The number of hydrogen-bond acceptors (Lipinski definition) is 4. The molecular weight excluding hydrogens is 232 g/mol. The molecule has 0 unspecified atom stereocenters. The summed E-state index contributed by atoms with van der Waals surface area (Å²) in [7, 11) is 0. The highest BCUT2D eigenvalue weighted by Crippen LogP contribution is 2.13. The first-order chi connectivity index (χ1) is 8.74. The monoisotopic (exact) mass is 248 g/mol. The van der Waals surface area contributed by atoms with Crippen molar-refractivity contribution in [3.8, 4) is 0 Å². The van der Waals surface area contributed by atoms with Crippen LogP contribution in [0.25, 0.3) is 0 Å². The molecule has 1 aromatic rings. The molecule has 1 N–H and O–H groups in total. The first-order valence-corrected chi connectivity index (χ1v) is 5.79. The summed E-state index contributed by atoms with van der Waals surface area (Å²) in [6.07, 6.45) is 6.59. The largest absolute Gasteiger partial charge is 0.478 e. The lowest BCUT2D eigenvalue weighted by molar-refractivity contribution is 0.0697. The zero-order valence-electron chi connectivity index (χ0n) is 10.2. The van der Waals surface area contributed by atoms with Gasteiger partial charge in [0.25, 0.3) is 0 Å². The van der Waals surface area contributed by atoms with Crippen molar-refractivity contribution in [1.29, 1.82) is 0 Å². The van der Waals surface area contributed by atoms with Gasteiger partial charge in [-0.3, -0.25) is 0 Å². The van der Waals surface area contributed by atoms with Crippen molar-refractivity contribution in [3.05, 3.63) is 42.2 Å². The van der Waals surface area contributed by atoms with Crippen molar-refractivity contribution in [2.75, 3.05) is 0 Å². The second kappa shape index (κ2) is 8.00. The molecule has 0 saturated carbocycles. The molecule has 0 atom stereocenters. The molecule has 0 heterocycles. The first-order valence-electron chi connectivity index (χ1n) is 5.79. The minimum atomic E-state index is -0.964. The van der Waals surface area contributed by atoms with Crippen molar-refractivity contribution in [2.24, 2.45) is 10.4 Å². The van der Waals surface area contributed by atoms with E-state index in [4.69, 9.17) is 9.94 Å². The van der Waals surface area contributed by atoms with E-state index in [1.165, 1.54) is 18.4 Å². The molecule has 0 aromatic heterocycles. The molecule has 0 aliphatic heterocycles. The molecule has 0 saturated heterocycles. The Labute approximate surface area is 106 Å². The zero-order chi connectivity index (χ0) is 13.2. The van der Waals surface area contributed by atoms with Crippen LogP contribution in [0.15, 0.2) is 47.0 Å². The number of allylic oxidation sites excluding steroid dienone is 1. The van der Waals surface area contributed by atoms with Crippen LogP contribution in [0.3, 0.4) is 0 Å². The van der Waals surface area contributed by atoms with E-state index in [9.17, 15) is 4.79 Å². The van der Waals surface area contributed by atoms with Gasteiger partial charge in [-0.15, -0.1) is 5.11 Å². The van der Waals surface area contributed by atoms with Gasteiger partial charge in [0.05, 0.1) is 11.3 Å². The fraction of sp³-hybridized carbons (Fsp3) is 0.308. The van der Waals surface area contributed by atoms with E-state index in [1.807, 2.05) is 6.08 Å². The number of carbonyl (C=O) groups is 1. The van der Waals surface area contributed by atoms with Crippen molar-refractivity contribution in [1.82, 2.24) is 0 Å². The van der Waals surface area contributed by atoms with Gasteiger partial charge in [0.1, 0.15) is 6.26 Å². The molecule has 1 aromatic carbocycles. The van der Waals surface area contributed by atoms with Gasteiger partial charge >= 0.3 is 5.97 Å². The van der Waals surface area contributed by atoms with E-state index in [2.05, 4.69) is 17.3 Å². The molecule has 5 nitrogen and oxygen atoms in total. The van der Waals surface area contributed by atoms with Crippen LogP contribution in [-0.2, 0) is 4.84 Å². The van der Waals surface area contributed by atoms with Crippen molar-refractivity contribution in [3.63, 3.8) is 0 Å². The third-order valence-corrected chi connectivity index (χ3v) is 2.20. The fourth-order valence-corrected chi connectivity index (χ4v) is 1.20. The number of hydrogen-bond donors (Lipinski definition) is 1. The summed E-state index contributed by atoms with van der Waals surface area (Å²) in [6.45, 7) is 2.12. The number of benzene rings is 1. The molecule has 0 spiro atoms. The van der Waals surface area contributed by atoms with Crippen LogP contribution in [0, 0.1) is 0 Å². The fourth-order valence-electron chi connectivity index (χ4n) is 1.20. The average Bonchev–Trinajstić information content (AvgIpc) is 2.38. The standard InChI is InChI=1S/C13H16N2O3/c1-2-3-4-5-10-18-15-14-12-8-6-11(7-9-12)13(16)17/h5-10H,2-4H2,1H3,(H,16,17)/b10-5+,15-14?. The molecular formula is C13H16N2O3. The van der Waals surface area contributed by atoms with Crippen LogP contribution >= 0.6 is 0 Å². The van der Waals surface area contributed by atoms with E-state index in [-0.39, 0.29) is 5.56 Å².